The second-order valence-electron chi connectivity index (χ2n) is 10.3. The fraction of sp³-hybridized carbons (Fsp3) is 0.345. The third-order valence-corrected chi connectivity index (χ3v) is 7.95. The molecule has 0 amide bonds. The van der Waals surface area contributed by atoms with Gasteiger partial charge in [0.05, 0.1) is 6.61 Å². The summed E-state index contributed by atoms with van der Waals surface area (Å²) in [5, 5.41) is 17.5. The minimum atomic E-state index is -4.08. The number of carbonyl (C=O) groups is 1. The Bertz CT molecular complexity index is 1660. The lowest BCUT2D eigenvalue weighted by Gasteiger charge is -2.23. The van der Waals surface area contributed by atoms with Crippen molar-refractivity contribution < 1.29 is 32.4 Å². The van der Waals surface area contributed by atoms with Crippen molar-refractivity contribution in [3.8, 4) is 5.75 Å². The minimum absolute atomic E-state index is 0.0740. The molecule has 1 unspecified atom stereocenters. The van der Waals surface area contributed by atoms with E-state index in [-0.39, 0.29) is 10.4 Å². The topological polar surface area (TPSA) is 141 Å². The van der Waals surface area contributed by atoms with Crippen molar-refractivity contribution >= 4 is 55.2 Å². The quantitative estimate of drug-likeness (QED) is 0.153. The summed E-state index contributed by atoms with van der Waals surface area (Å²) in [7, 11) is -4.08. The van der Waals surface area contributed by atoms with Crippen molar-refractivity contribution in [1.29, 1.82) is 0 Å². The van der Waals surface area contributed by atoms with Crippen LogP contribution in [0.4, 0.5) is 0 Å². The van der Waals surface area contributed by atoms with Crippen molar-refractivity contribution in [3.63, 3.8) is 0 Å². The summed E-state index contributed by atoms with van der Waals surface area (Å²) >= 11 is 2.04. The molecule has 1 atom stereocenters. The van der Waals surface area contributed by atoms with Gasteiger partial charge in [-0.1, -0.05) is 17.7 Å². The second-order valence-corrected chi connectivity index (χ2v) is 14.6. The van der Waals surface area contributed by atoms with Crippen LogP contribution in [0.2, 0.25) is 0 Å². The first-order valence-electron chi connectivity index (χ1n) is 12.9. The molecular formula is C29H32IN3O7S. The maximum Gasteiger partial charge on any atom is 0.336 e. The van der Waals surface area contributed by atoms with Crippen LogP contribution >= 0.6 is 22.6 Å². The average Bonchev–Trinajstić information content (AvgIpc) is 3.38. The molecule has 41 heavy (non-hydrogen) atoms. The Balaban J connectivity index is 1.79. The highest BCUT2D eigenvalue weighted by atomic mass is 127. The molecular weight excluding hydrogens is 661 g/mol. The summed E-state index contributed by atoms with van der Waals surface area (Å²) in [6.45, 7) is 9.56. The number of sulfonamides is 1. The molecule has 2 aromatic carbocycles. The minimum Gasteiger partial charge on any atom is -0.493 e. The lowest BCUT2D eigenvalue weighted by atomic mass is 9.93. The van der Waals surface area contributed by atoms with Crippen LogP contribution in [0, 0.1) is 0 Å². The van der Waals surface area contributed by atoms with Crippen molar-refractivity contribution in [3.05, 3.63) is 76.5 Å². The van der Waals surface area contributed by atoms with Crippen LogP contribution in [0.3, 0.4) is 0 Å². The SMILES string of the molecule is CC(C)=C(/C=C(C)\C(=C\C(OC(C)(C)I)C(=O)O)c1ccc2c(c1)CCCO2)NS(=O)(=O)c1cccc2nonc12. The summed E-state index contributed by atoms with van der Waals surface area (Å²) in [5.41, 5.74) is 4.45. The first-order chi connectivity index (χ1) is 19.2. The summed E-state index contributed by atoms with van der Waals surface area (Å²) in [4.78, 5) is 12.2. The molecule has 1 aliphatic heterocycles. The van der Waals surface area contributed by atoms with Crippen LogP contribution in [0.15, 0.2) is 74.9 Å². The number of allylic oxidation sites excluding steroid dienone is 4. The van der Waals surface area contributed by atoms with Crippen molar-refractivity contribution in [2.24, 2.45) is 0 Å². The molecule has 0 saturated carbocycles. The van der Waals surface area contributed by atoms with Gasteiger partial charge in [-0.15, -0.1) is 0 Å². The molecule has 1 aliphatic rings. The van der Waals surface area contributed by atoms with E-state index in [0.717, 1.165) is 29.7 Å². The molecule has 218 valence electrons. The number of alkyl halides is 1. The van der Waals surface area contributed by atoms with Crippen molar-refractivity contribution in [2.75, 3.05) is 6.61 Å². The Hall–Kier alpha value is -3.23. The average molecular weight is 694 g/mol. The lowest BCUT2D eigenvalue weighted by molar-refractivity contribution is -0.149. The summed E-state index contributed by atoms with van der Waals surface area (Å²) < 4.78 is 45.2. The number of carboxylic acid groups (broad SMARTS) is 1. The van der Waals surface area contributed by atoms with Gasteiger partial charge in [0.25, 0.3) is 10.0 Å². The van der Waals surface area contributed by atoms with E-state index in [2.05, 4.69) is 15.0 Å². The number of benzene rings is 2. The maximum atomic E-state index is 13.5. The van der Waals surface area contributed by atoms with Crippen LogP contribution in [-0.2, 0) is 26.0 Å². The number of aryl methyl sites for hydroxylation is 1. The normalized spacial score (nSPS) is 15.2. The molecule has 10 nitrogen and oxygen atoms in total. The molecule has 2 N–H and O–H groups in total. The smallest absolute Gasteiger partial charge is 0.336 e. The van der Waals surface area contributed by atoms with Gasteiger partial charge in [-0.3, -0.25) is 4.72 Å². The third kappa shape index (κ3) is 7.54. The highest BCUT2D eigenvalue weighted by Gasteiger charge is 2.26. The highest BCUT2D eigenvalue weighted by Crippen LogP contribution is 2.33. The fourth-order valence-corrected chi connectivity index (χ4v) is 5.95. The number of aliphatic carboxylic acids is 1. The van der Waals surface area contributed by atoms with Gasteiger partial charge in [-0.2, -0.15) is 0 Å². The monoisotopic (exact) mass is 693 g/mol. The summed E-state index contributed by atoms with van der Waals surface area (Å²) in [5.74, 6) is -0.339. The van der Waals surface area contributed by atoms with E-state index < -0.39 is 25.7 Å². The molecule has 0 aliphatic carbocycles. The van der Waals surface area contributed by atoms with E-state index in [1.54, 1.807) is 58.9 Å². The van der Waals surface area contributed by atoms with Crippen molar-refractivity contribution in [2.45, 2.75) is 62.1 Å². The van der Waals surface area contributed by atoms with Crippen LogP contribution < -0.4 is 9.46 Å². The molecule has 0 radical (unpaired) electrons. The summed E-state index contributed by atoms with van der Waals surface area (Å²) in [6.07, 6.45) is 3.70. The molecule has 1 aromatic heterocycles. The highest BCUT2D eigenvalue weighted by molar-refractivity contribution is 14.1. The van der Waals surface area contributed by atoms with Gasteiger partial charge in [-0.25, -0.2) is 17.8 Å². The van der Waals surface area contributed by atoms with Crippen LogP contribution in [0.1, 0.15) is 52.2 Å². The zero-order valence-electron chi connectivity index (χ0n) is 23.4. The Labute approximate surface area is 252 Å². The van der Waals surface area contributed by atoms with Crippen molar-refractivity contribution in [1.82, 2.24) is 15.0 Å². The number of hydrogen-bond acceptors (Lipinski definition) is 8. The number of ether oxygens (including phenoxy) is 2. The predicted molar refractivity (Wildman–Crippen MR) is 163 cm³/mol. The Morgan fingerprint density at radius 3 is 2.63 bits per heavy atom. The van der Waals surface area contributed by atoms with Gasteiger partial charge in [-0.05, 0) is 139 Å². The number of nitrogens with zero attached hydrogens (tertiary/aromatic N) is 2. The number of carboxylic acids is 1. The fourth-order valence-electron chi connectivity index (χ4n) is 4.36. The van der Waals surface area contributed by atoms with Crippen LogP contribution in [-0.4, -0.2) is 46.1 Å². The molecule has 0 bridgehead atoms. The summed E-state index contributed by atoms with van der Waals surface area (Å²) in [6, 6.07) is 10.3. The van der Waals surface area contributed by atoms with E-state index in [9.17, 15) is 18.3 Å². The van der Waals surface area contributed by atoms with E-state index in [4.69, 9.17) is 14.1 Å². The first-order valence-corrected chi connectivity index (χ1v) is 15.5. The first kappa shape index (κ1) is 30.7. The molecule has 4 rings (SSSR count). The van der Waals surface area contributed by atoms with Gasteiger partial charge in [0.15, 0.2) is 11.6 Å². The zero-order valence-corrected chi connectivity index (χ0v) is 26.4. The molecule has 0 fully saturated rings. The molecule has 3 aromatic rings. The largest absolute Gasteiger partial charge is 0.493 e. The van der Waals surface area contributed by atoms with E-state index >= 15 is 0 Å². The van der Waals surface area contributed by atoms with Gasteiger partial charge in [0.1, 0.15) is 19.8 Å². The van der Waals surface area contributed by atoms with Crippen LogP contribution in [0.5, 0.6) is 5.75 Å². The van der Waals surface area contributed by atoms with E-state index in [1.165, 1.54) is 6.07 Å². The number of rotatable bonds is 10. The Morgan fingerprint density at radius 1 is 1.20 bits per heavy atom. The van der Waals surface area contributed by atoms with E-state index in [0.29, 0.717) is 34.5 Å². The number of nitrogens with one attached hydrogen (secondary N) is 1. The predicted octanol–water partition coefficient (Wildman–Crippen LogP) is 5.79. The van der Waals surface area contributed by atoms with Gasteiger partial charge >= 0.3 is 5.97 Å². The standard InChI is InChI=1S/C29H32IN3O7S/c1-17(2)23(33-41(36,37)26-10-6-9-22-27(26)32-40-31-22)14-18(3)21(16-25(28(34)35)39-29(4,5)30)19-11-12-24-20(15-19)8-7-13-38-24/h6,9-12,14-16,25,33H,7-8,13H2,1-5H3,(H,34,35)/b18-14-,21-16-. The number of hydrogen-bond donors (Lipinski definition) is 2. The molecule has 2 heterocycles. The molecule has 0 saturated heterocycles. The zero-order chi connectivity index (χ0) is 29.9. The molecule has 12 heteroatoms. The second kappa shape index (κ2) is 12.3. The maximum absolute atomic E-state index is 13.5. The molecule has 0 spiro atoms. The lowest BCUT2D eigenvalue weighted by Crippen LogP contribution is -2.30. The van der Waals surface area contributed by atoms with Gasteiger partial charge in [0.2, 0.25) is 0 Å². The number of aromatic nitrogens is 2. The number of halogens is 1. The Kier molecular flexibility index (Phi) is 9.24. The Morgan fingerprint density at radius 2 is 1.95 bits per heavy atom. The number of fused-ring (bicyclic) bond motifs is 2. The van der Waals surface area contributed by atoms with Gasteiger partial charge in [0, 0.05) is 5.70 Å². The van der Waals surface area contributed by atoms with Crippen LogP contribution in [0.25, 0.3) is 16.6 Å². The van der Waals surface area contributed by atoms with E-state index in [1.807, 2.05) is 40.8 Å². The van der Waals surface area contributed by atoms with Gasteiger partial charge < -0.3 is 14.6 Å². The third-order valence-electron chi connectivity index (χ3n) is 6.30.